The van der Waals surface area contributed by atoms with Crippen LogP contribution in [-0.4, -0.2) is 26.8 Å². The predicted octanol–water partition coefficient (Wildman–Crippen LogP) is 1.87. The van der Waals surface area contributed by atoms with Crippen LogP contribution < -0.4 is 0 Å². The summed E-state index contributed by atoms with van der Waals surface area (Å²) in [5, 5.41) is 8.92. The number of nitrogens with one attached hydrogen (secondary N) is 1. The largest absolute Gasteiger partial charge is 0.481 e. The number of aromatic nitrogens is 2. The number of aliphatic carboxylic acids is 1. The van der Waals surface area contributed by atoms with E-state index in [1.54, 1.807) is 6.07 Å². The molecule has 6 heteroatoms. The van der Waals surface area contributed by atoms with Gasteiger partial charge in [0.05, 0.1) is 17.4 Å². The molecule has 0 saturated heterocycles. The van der Waals surface area contributed by atoms with E-state index in [-0.39, 0.29) is 5.56 Å². The normalized spacial score (nSPS) is 10.6. The first-order valence-electron chi connectivity index (χ1n) is 4.45. The molecule has 16 heavy (non-hydrogen) atoms. The summed E-state index contributed by atoms with van der Waals surface area (Å²) in [6, 6.07) is 3.05. The number of Topliss-reactive ketones (excluding diaryl/α,β-unsaturated/α-hetero) is 1. The Kier molecular flexibility index (Phi) is 2.62. The van der Waals surface area contributed by atoms with Gasteiger partial charge in [-0.05, 0) is 12.1 Å². The van der Waals surface area contributed by atoms with Crippen molar-refractivity contribution in [2.75, 3.05) is 0 Å². The Balaban J connectivity index is 2.54. The molecule has 0 saturated carbocycles. The van der Waals surface area contributed by atoms with Crippen molar-refractivity contribution >= 4 is 34.4 Å². The zero-order valence-electron chi connectivity index (χ0n) is 8.03. The molecule has 0 atom stereocenters. The van der Waals surface area contributed by atoms with Gasteiger partial charge in [-0.15, -0.1) is 0 Å². The number of nitrogens with zero attached hydrogens (tertiary/aromatic N) is 1. The maximum Gasteiger partial charge on any atom is 0.311 e. The molecule has 0 aliphatic rings. The maximum atomic E-state index is 11.6. The molecule has 1 aromatic carbocycles. The lowest BCUT2D eigenvalue weighted by molar-refractivity contribution is -0.135. The van der Waals surface area contributed by atoms with Crippen LogP contribution in [0, 0.1) is 0 Å². The minimum atomic E-state index is -1.17. The van der Waals surface area contributed by atoms with Gasteiger partial charge < -0.3 is 10.1 Å². The minimum Gasteiger partial charge on any atom is -0.481 e. The van der Waals surface area contributed by atoms with Gasteiger partial charge in [0.25, 0.3) is 0 Å². The highest BCUT2D eigenvalue weighted by Gasteiger charge is 2.16. The molecule has 0 unspecified atom stereocenters. The van der Waals surface area contributed by atoms with Crippen LogP contribution in [0.4, 0.5) is 0 Å². The fraction of sp³-hybridized carbons (Fsp3) is 0.100. The van der Waals surface area contributed by atoms with E-state index in [0.717, 1.165) is 0 Å². The van der Waals surface area contributed by atoms with Crippen molar-refractivity contribution in [3.05, 3.63) is 29.0 Å². The highest BCUT2D eigenvalue weighted by atomic mass is 35.5. The molecular weight excluding hydrogens is 232 g/mol. The molecule has 1 heterocycles. The van der Waals surface area contributed by atoms with Crippen molar-refractivity contribution in [2.24, 2.45) is 0 Å². The minimum absolute atomic E-state index is 0.228. The lowest BCUT2D eigenvalue weighted by Gasteiger charge is -2.00. The standard InChI is InChI=1S/C10H7ClN2O3/c11-5-1-6(8(14)3-9(15)16)10-7(2-5)12-4-13-10/h1-2,4H,3H2,(H,12,13)(H,15,16). The van der Waals surface area contributed by atoms with Crippen molar-refractivity contribution in [1.29, 1.82) is 0 Å². The number of carbonyl (C=O) groups is 2. The number of imidazole rings is 1. The van der Waals surface area contributed by atoms with Crippen molar-refractivity contribution in [3.8, 4) is 0 Å². The van der Waals surface area contributed by atoms with Crippen LogP contribution in [0.15, 0.2) is 18.5 Å². The fourth-order valence-corrected chi connectivity index (χ4v) is 1.68. The van der Waals surface area contributed by atoms with Gasteiger partial charge in [-0.25, -0.2) is 4.98 Å². The predicted molar refractivity (Wildman–Crippen MR) is 57.7 cm³/mol. The first-order valence-corrected chi connectivity index (χ1v) is 4.83. The number of ketones is 1. The first kappa shape index (κ1) is 10.6. The van der Waals surface area contributed by atoms with E-state index in [4.69, 9.17) is 16.7 Å². The van der Waals surface area contributed by atoms with Gasteiger partial charge in [-0.1, -0.05) is 11.6 Å². The molecule has 0 aliphatic carbocycles. The quantitative estimate of drug-likeness (QED) is 0.632. The monoisotopic (exact) mass is 238 g/mol. The summed E-state index contributed by atoms with van der Waals surface area (Å²) in [6.45, 7) is 0. The highest BCUT2D eigenvalue weighted by molar-refractivity contribution is 6.32. The zero-order valence-corrected chi connectivity index (χ0v) is 8.78. The molecule has 0 fully saturated rings. The molecule has 0 spiro atoms. The Bertz CT molecular complexity index is 576. The number of carboxylic acid groups (broad SMARTS) is 1. The third-order valence-electron chi connectivity index (χ3n) is 2.10. The van der Waals surface area contributed by atoms with Crippen LogP contribution in [0.5, 0.6) is 0 Å². The molecule has 0 aliphatic heterocycles. The number of H-pyrrole nitrogens is 1. The van der Waals surface area contributed by atoms with Gasteiger partial charge >= 0.3 is 5.97 Å². The highest BCUT2D eigenvalue weighted by Crippen LogP contribution is 2.22. The number of rotatable bonds is 3. The number of aromatic amines is 1. The number of halogens is 1. The summed E-state index contributed by atoms with van der Waals surface area (Å²) in [4.78, 5) is 28.9. The van der Waals surface area contributed by atoms with Crippen LogP contribution >= 0.6 is 11.6 Å². The number of hydrogen-bond acceptors (Lipinski definition) is 3. The topological polar surface area (TPSA) is 83.0 Å². The third-order valence-corrected chi connectivity index (χ3v) is 2.32. The number of fused-ring (bicyclic) bond motifs is 1. The van der Waals surface area contributed by atoms with Crippen LogP contribution in [0.1, 0.15) is 16.8 Å². The number of benzene rings is 1. The van der Waals surface area contributed by atoms with Gasteiger partial charge in [-0.3, -0.25) is 9.59 Å². The molecular formula is C10H7ClN2O3. The van der Waals surface area contributed by atoms with Crippen molar-refractivity contribution in [1.82, 2.24) is 9.97 Å². The molecule has 1 aromatic heterocycles. The Hall–Kier alpha value is -1.88. The molecule has 0 radical (unpaired) electrons. The second-order valence-electron chi connectivity index (χ2n) is 3.25. The van der Waals surface area contributed by atoms with Crippen LogP contribution in [0.25, 0.3) is 11.0 Å². The number of carboxylic acids is 1. The Morgan fingerprint density at radius 3 is 2.88 bits per heavy atom. The SMILES string of the molecule is O=C(O)CC(=O)c1cc(Cl)cc2[nH]cnc12. The summed E-state index contributed by atoms with van der Waals surface area (Å²) < 4.78 is 0. The summed E-state index contributed by atoms with van der Waals surface area (Å²) >= 11 is 5.81. The van der Waals surface area contributed by atoms with Crippen LogP contribution in [0.2, 0.25) is 5.02 Å². The molecule has 0 bridgehead atoms. The summed E-state index contributed by atoms with van der Waals surface area (Å²) in [5.41, 5.74) is 1.28. The summed E-state index contributed by atoms with van der Waals surface area (Å²) in [5.74, 6) is -1.68. The van der Waals surface area contributed by atoms with Gasteiger partial charge in [0, 0.05) is 10.6 Å². The lowest BCUT2D eigenvalue weighted by Crippen LogP contribution is -2.07. The van der Waals surface area contributed by atoms with Gasteiger partial charge in [-0.2, -0.15) is 0 Å². The van der Waals surface area contributed by atoms with E-state index in [0.29, 0.717) is 16.1 Å². The van der Waals surface area contributed by atoms with E-state index in [1.165, 1.54) is 12.4 Å². The van der Waals surface area contributed by atoms with E-state index in [9.17, 15) is 9.59 Å². The molecule has 82 valence electrons. The summed E-state index contributed by atoms with van der Waals surface area (Å²) in [6.07, 6.45) is 0.862. The molecule has 2 rings (SSSR count). The third kappa shape index (κ3) is 1.90. The van der Waals surface area contributed by atoms with Crippen molar-refractivity contribution in [3.63, 3.8) is 0 Å². The van der Waals surface area contributed by atoms with Crippen LogP contribution in [0.3, 0.4) is 0 Å². The van der Waals surface area contributed by atoms with Gasteiger partial charge in [0.2, 0.25) is 0 Å². The van der Waals surface area contributed by atoms with E-state index in [1.807, 2.05) is 0 Å². The van der Waals surface area contributed by atoms with Gasteiger partial charge in [0.15, 0.2) is 5.78 Å². The fourth-order valence-electron chi connectivity index (χ4n) is 1.46. The number of carbonyl (C=O) groups excluding carboxylic acids is 1. The zero-order chi connectivity index (χ0) is 11.7. The Morgan fingerprint density at radius 1 is 1.44 bits per heavy atom. The van der Waals surface area contributed by atoms with E-state index < -0.39 is 18.2 Å². The average Bonchev–Trinajstić information content (AvgIpc) is 2.62. The first-order chi connectivity index (χ1) is 7.58. The Morgan fingerprint density at radius 2 is 2.19 bits per heavy atom. The second kappa shape index (κ2) is 3.94. The summed E-state index contributed by atoms with van der Waals surface area (Å²) in [7, 11) is 0. The van der Waals surface area contributed by atoms with E-state index >= 15 is 0 Å². The second-order valence-corrected chi connectivity index (χ2v) is 3.68. The molecule has 0 amide bonds. The smallest absolute Gasteiger partial charge is 0.311 e. The molecule has 5 nitrogen and oxygen atoms in total. The lowest BCUT2D eigenvalue weighted by atomic mass is 10.1. The number of hydrogen-bond donors (Lipinski definition) is 2. The van der Waals surface area contributed by atoms with Crippen molar-refractivity contribution in [2.45, 2.75) is 6.42 Å². The Labute approximate surface area is 95.1 Å². The van der Waals surface area contributed by atoms with E-state index in [2.05, 4.69) is 9.97 Å². The van der Waals surface area contributed by atoms with Crippen molar-refractivity contribution < 1.29 is 14.7 Å². The van der Waals surface area contributed by atoms with Gasteiger partial charge in [0.1, 0.15) is 6.42 Å². The average molecular weight is 239 g/mol. The molecule has 2 N–H and O–H groups in total. The maximum absolute atomic E-state index is 11.6. The van der Waals surface area contributed by atoms with Crippen LogP contribution in [-0.2, 0) is 4.79 Å². The molecule has 2 aromatic rings.